The molecule has 48 heavy (non-hydrogen) atoms. The van der Waals surface area contributed by atoms with Crippen LogP contribution in [0.1, 0.15) is 46.8 Å². The number of anilines is 1. The van der Waals surface area contributed by atoms with Crippen molar-refractivity contribution < 1.29 is 23.1 Å². The number of pyridine rings is 2. The third kappa shape index (κ3) is 5.42. The zero-order valence-corrected chi connectivity index (χ0v) is 26.8. The van der Waals surface area contributed by atoms with Crippen LogP contribution in [-0.2, 0) is 37.3 Å². The summed E-state index contributed by atoms with van der Waals surface area (Å²) in [6.45, 7) is 0.948. The van der Waals surface area contributed by atoms with E-state index < -0.39 is 17.9 Å². The highest BCUT2D eigenvalue weighted by molar-refractivity contribution is 6.36. The van der Waals surface area contributed by atoms with Crippen molar-refractivity contribution in [2.24, 2.45) is 17.6 Å². The van der Waals surface area contributed by atoms with Crippen LogP contribution >= 0.6 is 23.2 Å². The van der Waals surface area contributed by atoms with E-state index in [9.17, 15) is 9.59 Å². The number of aromatic nitrogens is 7. The van der Waals surface area contributed by atoms with Crippen molar-refractivity contribution in [3.63, 3.8) is 0 Å². The Hall–Kier alpha value is -4.69. The molecule has 8 rings (SSSR count). The quantitative estimate of drug-likeness (QED) is 0.233. The van der Waals surface area contributed by atoms with Gasteiger partial charge in [-0.15, -0.1) is 0 Å². The molecule has 2 aliphatic heterocycles. The van der Waals surface area contributed by atoms with Gasteiger partial charge in [0.1, 0.15) is 12.2 Å². The lowest BCUT2D eigenvalue weighted by Gasteiger charge is -2.33. The largest absolute Gasteiger partial charge is 0.482 e. The number of amides is 2. The van der Waals surface area contributed by atoms with Crippen LogP contribution in [0, 0.1) is 11.8 Å². The molecule has 1 unspecified atom stereocenters. The molecule has 0 spiro atoms. The molecular formula is C32H27Cl2F2N9O3. The van der Waals surface area contributed by atoms with Gasteiger partial charge in [0.15, 0.2) is 16.5 Å². The molecule has 1 atom stereocenters. The zero-order valence-electron chi connectivity index (χ0n) is 25.2. The minimum atomic E-state index is -4.16. The monoisotopic (exact) mass is 693 g/mol. The highest BCUT2D eigenvalue weighted by Crippen LogP contribution is 2.46. The summed E-state index contributed by atoms with van der Waals surface area (Å²) in [5.74, 6) is -1.15. The first-order valence-electron chi connectivity index (χ1n) is 15.4. The van der Waals surface area contributed by atoms with Gasteiger partial charge in [0.25, 0.3) is 5.91 Å². The normalized spacial score (nSPS) is 18.5. The predicted octanol–water partition coefficient (Wildman–Crippen LogP) is 5.22. The van der Waals surface area contributed by atoms with Crippen molar-refractivity contribution in [3.8, 4) is 16.9 Å². The second-order valence-corrected chi connectivity index (χ2v) is 13.2. The molecule has 1 aliphatic carbocycles. The molecule has 0 radical (unpaired) electrons. The summed E-state index contributed by atoms with van der Waals surface area (Å²) in [6, 6.07) is 7.57. The molecule has 16 heteroatoms. The molecule has 12 nitrogen and oxygen atoms in total. The van der Waals surface area contributed by atoms with Crippen LogP contribution < -0.4 is 15.4 Å². The third-order valence-electron chi connectivity index (χ3n) is 9.07. The van der Waals surface area contributed by atoms with Gasteiger partial charge in [0.05, 0.1) is 39.6 Å². The van der Waals surface area contributed by atoms with Gasteiger partial charge in [0, 0.05) is 31.3 Å². The number of carbonyl (C=O) groups is 2. The summed E-state index contributed by atoms with van der Waals surface area (Å²) < 4.78 is 38.8. The minimum Gasteiger partial charge on any atom is -0.423 e. The van der Waals surface area contributed by atoms with Crippen LogP contribution in [-0.4, -0.2) is 52.4 Å². The number of benzene rings is 1. The van der Waals surface area contributed by atoms with Gasteiger partial charge >= 0.3 is 12.0 Å². The Bertz CT molecular complexity index is 2110. The number of ether oxygens (including phenoxy) is 1. The van der Waals surface area contributed by atoms with E-state index in [4.69, 9.17) is 38.7 Å². The molecule has 5 aromatic rings. The number of nitrogens with zero attached hydrogens (tertiary/aromatic N) is 8. The van der Waals surface area contributed by atoms with E-state index in [1.807, 2.05) is 4.68 Å². The van der Waals surface area contributed by atoms with Crippen LogP contribution in [0.15, 0.2) is 42.9 Å². The Morgan fingerprint density at radius 2 is 1.94 bits per heavy atom. The highest BCUT2D eigenvalue weighted by Gasteiger charge is 2.50. The SMILES string of the molecule is NC(=O)c1c(CC2CC2)nc2c(c(Cl)nn2CC2CCn3ncnc3C2)c1-c1ccc2c(c1)OC(F)(F)C(=O)N2Cc1ccc(Cl)cn1. The lowest BCUT2D eigenvalue weighted by molar-refractivity contribution is -0.193. The van der Waals surface area contributed by atoms with Gasteiger partial charge in [0.2, 0.25) is 0 Å². The van der Waals surface area contributed by atoms with Gasteiger partial charge in [-0.25, -0.2) is 14.6 Å². The number of hydrogen-bond donors (Lipinski definition) is 1. The van der Waals surface area contributed by atoms with E-state index in [2.05, 4.69) is 20.2 Å². The molecule has 2 amide bonds. The number of aryl methyl sites for hydroxylation is 1. The second-order valence-electron chi connectivity index (χ2n) is 12.4. The summed E-state index contributed by atoms with van der Waals surface area (Å²) in [4.78, 5) is 40.4. The van der Waals surface area contributed by atoms with E-state index in [1.54, 1.807) is 29.2 Å². The molecule has 3 aliphatic rings. The van der Waals surface area contributed by atoms with E-state index >= 15 is 8.78 Å². The Morgan fingerprint density at radius 1 is 1.10 bits per heavy atom. The minimum absolute atomic E-state index is 0.0848. The number of alkyl halides is 2. The predicted molar refractivity (Wildman–Crippen MR) is 171 cm³/mol. The number of halogens is 4. The number of hydrogen-bond acceptors (Lipinski definition) is 8. The van der Waals surface area contributed by atoms with Gasteiger partial charge in [-0.1, -0.05) is 29.3 Å². The fraction of sp³-hybridized carbons (Fsp3) is 0.344. The summed E-state index contributed by atoms with van der Waals surface area (Å²) >= 11 is 12.8. The number of primary amides is 1. The average Bonchev–Trinajstić information content (AvgIpc) is 3.65. The van der Waals surface area contributed by atoms with E-state index in [-0.39, 0.29) is 34.6 Å². The van der Waals surface area contributed by atoms with Gasteiger partial charge in [-0.2, -0.15) is 19.0 Å². The summed E-state index contributed by atoms with van der Waals surface area (Å²) in [5, 5.41) is 9.71. The van der Waals surface area contributed by atoms with Crippen molar-refractivity contribution >= 4 is 51.7 Å². The topological polar surface area (TPSA) is 147 Å². The highest BCUT2D eigenvalue weighted by atomic mass is 35.5. The molecule has 2 N–H and O–H groups in total. The van der Waals surface area contributed by atoms with Crippen molar-refractivity contribution in [1.29, 1.82) is 0 Å². The summed E-state index contributed by atoms with van der Waals surface area (Å²) in [7, 11) is 0. The molecular weight excluding hydrogens is 667 g/mol. The molecule has 1 saturated carbocycles. The van der Waals surface area contributed by atoms with E-state index in [0.717, 1.165) is 36.5 Å². The maximum absolute atomic E-state index is 15.1. The van der Waals surface area contributed by atoms with Gasteiger partial charge in [-0.3, -0.25) is 24.2 Å². The molecule has 4 aromatic heterocycles. The fourth-order valence-electron chi connectivity index (χ4n) is 6.57. The first kappa shape index (κ1) is 30.6. The second kappa shape index (κ2) is 11.5. The standard InChI is InChI=1S/C32H27Cl2F2N9O3/c33-19-4-5-20(38-12-19)14-43-22-6-3-18(11-23(22)48-32(35,36)31(43)47)25-26(29(37)46)21(9-16-1-2-16)41-30-27(25)28(34)42-45(30)13-17-7-8-44-24(10-17)39-15-40-44/h3-6,11-12,15-17H,1-2,7-10,13-14H2,(H2,37,46). The summed E-state index contributed by atoms with van der Waals surface area (Å²) in [6.07, 6.45) is 2.77. The van der Waals surface area contributed by atoms with Crippen LogP contribution in [0.5, 0.6) is 5.75 Å². The summed E-state index contributed by atoms with van der Waals surface area (Å²) in [5.41, 5.74) is 8.19. The Labute approximate surface area is 281 Å². The molecule has 1 fully saturated rings. The molecule has 246 valence electrons. The lowest BCUT2D eigenvalue weighted by atomic mass is 9.93. The lowest BCUT2D eigenvalue weighted by Crippen LogP contribution is -2.50. The smallest absolute Gasteiger partial charge is 0.423 e. The number of carbonyl (C=O) groups excluding carboxylic acids is 2. The number of nitrogens with two attached hydrogens (primary N) is 1. The van der Waals surface area contributed by atoms with Crippen molar-refractivity contribution in [3.05, 3.63) is 75.8 Å². The molecule has 1 aromatic carbocycles. The van der Waals surface area contributed by atoms with Gasteiger partial charge < -0.3 is 10.5 Å². The van der Waals surface area contributed by atoms with Gasteiger partial charge in [-0.05, 0) is 67.3 Å². The zero-order chi connectivity index (χ0) is 33.3. The number of fused-ring (bicyclic) bond motifs is 3. The van der Waals surface area contributed by atoms with Crippen LogP contribution in [0.3, 0.4) is 0 Å². The van der Waals surface area contributed by atoms with Crippen LogP contribution in [0.25, 0.3) is 22.2 Å². The third-order valence-corrected chi connectivity index (χ3v) is 9.55. The van der Waals surface area contributed by atoms with Crippen molar-refractivity contribution in [2.45, 2.75) is 57.8 Å². The first-order valence-corrected chi connectivity index (χ1v) is 16.2. The maximum Gasteiger partial charge on any atom is 0.482 e. The van der Waals surface area contributed by atoms with Crippen molar-refractivity contribution in [1.82, 2.24) is 34.5 Å². The maximum atomic E-state index is 15.1. The van der Waals surface area contributed by atoms with E-state index in [1.165, 1.54) is 18.3 Å². The van der Waals surface area contributed by atoms with Crippen LogP contribution in [0.2, 0.25) is 10.2 Å². The Kier molecular flexibility index (Phi) is 7.33. The van der Waals surface area contributed by atoms with E-state index in [0.29, 0.717) is 63.9 Å². The Balaban J connectivity index is 1.26. The first-order chi connectivity index (χ1) is 23.1. The van der Waals surface area contributed by atoms with Crippen LogP contribution in [0.4, 0.5) is 14.5 Å². The Morgan fingerprint density at radius 3 is 2.69 bits per heavy atom. The number of rotatable bonds is 8. The van der Waals surface area contributed by atoms with Crippen molar-refractivity contribution in [2.75, 3.05) is 4.90 Å². The molecule has 6 heterocycles. The average molecular weight is 695 g/mol. The molecule has 0 bridgehead atoms. The fourth-order valence-corrected chi connectivity index (χ4v) is 6.95. The molecule has 0 saturated heterocycles.